The van der Waals surface area contributed by atoms with E-state index in [1.165, 1.54) is 38.4 Å². The summed E-state index contributed by atoms with van der Waals surface area (Å²) >= 11 is 9.40. The Morgan fingerprint density at radius 3 is 2.25 bits per heavy atom. The lowest BCUT2D eigenvalue weighted by molar-refractivity contribution is 0.0733. The summed E-state index contributed by atoms with van der Waals surface area (Å²) < 4.78 is 31.2. The molecule has 0 N–H and O–H groups in total. The summed E-state index contributed by atoms with van der Waals surface area (Å²) in [6.45, 7) is 1.77. The van der Waals surface area contributed by atoms with Gasteiger partial charge in [-0.2, -0.15) is 0 Å². The summed E-state index contributed by atoms with van der Waals surface area (Å²) in [4.78, 5) is 12.3. The van der Waals surface area contributed by atoms with Gasteiger partial charge in [0, 0.05) is 18.6 Å². The van der Waals surface area contributed by atoms with Crippen LogP contribution in [0.15, 0.2) is 45.8 Å². The van der Waals surface area contributed by atoms with Crippen LogP contribution in [0, 0.1) is 6.92 Å². The third-order valence-corrected chi connectivity index (χ3v) is 5.83. The smallest absolute Gasteiger partial charge is 0.343 e. The summed E-state index contributed by atoms with van der Waals surface area (Å²) in [5, 5.41) is 0.307. The minimum atomic E-state index is -3.54. The Labute approximate surface area is 154 Å². The van der Waals surface area contributed by atoms with Crippen LogP contribution < -0.4 is 4.74 Å². The van der Waals surface area contributed by atoms with Crippen molar-refractivity contribution in [1.82, 2.24) is 4.31 Å². The van der Waals surface area contributed by atoms with E-state index in [4.69, 9.17) is 16.3 Å². The Morgan fingerprint density at radius 1 is 1.17 bits per heavy atom. The molecule has 8 heteroatoms. The van der Waals surface area contributed by atoms with Gasteiger partial charge in [0.1, 0.15) is 0 Å². The van der Waals surface area contributed by atoms with Gasteiger partial charge in [-0.3, -0.25) is 0 Å². The second-order valence-electron chi connectivity index (χ2n) is 5.23. The highest BCUT2D eigenvalue weighted by Gasteiger charge is 2.19. The first kappa shape index (κ1) is 18.9. The number of halogens is 2. The molecule has 5 nitrogen and oxygen atoms in total. The van der Waals surface area contributed by atoms with Crippen LogP contribution in [0.25, 0.3) is 0 Å². The van der Waals surface area contributed by atoms with E-state index in [0.717, 1.165) is 8.78 Å². The zero-order chi connectivity index (χ0) is 18.1. The van der Waals surface area contributed by atoms with Crippen molar-refractivity contribution in [1.29, 1.82) is 0 Å². The van der Waals surface area contributed by atoms with Gasteiger partial charge in [-0.1, -0.05) is 27.5 Å². The number of rotatable bonds is 4. The van der Waals surface area contributed by atoms with Gasteiger partial charge < -0.3 is 4.74 Å². The molecule has 0 aliphatic heterocycles. The number of benzene rings is 2. The molecule has 0 aliphatic rings. The van der Waals surface area contributed by atoms with Gasteiger partial charge >= 0.3 is 5.97 Å². The van der Waals surface area contributed by atoms with Gasteiger partial charge in [-0.25, -0.2) is 17.5 Å². The molecule has 0 atom stereocenters. The SMILES string of the molecule is Cc1cc(Br)cc(Cl)c1OC(=O)c1ccc(S(=O)(=O)N(C)C)cc1. The van der Waals surface area contributed by atoms with Gasteiger partial charge in [0.2, 0.25) is 10.0 Å². The topological polar surface area (TPSA) is 63.7 Å². The molecule has 2 aromatic carbocycles. The molecule has 0 aliphatic carbocycles. The van der Waals surface area contributed by atoms with Crippen molar-refractivity contribution in [3.63, 3.8) is 0 Å². The molecule has 2 rings (SSSR count). The molecule has 24 heavy (non-hydrogen) atoms. The normalized spacial score (nSPS) is 11.6. The predicted octanol–water partition coefficient (Wildman–Crippen LogP) is 3.88. The van der Waals surface area contributed by atoms with Crippen molar-refractivity contribution < 1.29 is 17.9 Å². The maximum absolute atomic E-state index is 12.2. The number of carbonyl (C=O) groups excluding carboxylic acids is 1. The van der Waals surface area contributed by atoms with E-state index < -0.39 is 16.0 Å². The molecule has 0 amide bonds. The van der Waals surface area contributed by atoms with Crippen molar-refractivity contribution in [2.45, 2.75) is 11.8 Å². The summed E-state index contributed by atoms with van der Waals surface area (Å²) in [5.74, 6) is -0.342. The molecular formula is C16H15BrClNO4S. The molecule has 0 saturated carbocycles. The number of hydrogen-bond donors (Lipinski definition) is 0. The minimum absolute atomic E-state index is 0.0990. The van der Waals surface area contributed by atoms with Crippen molar-refractivity contribution in [2.24, 2.45) is 0 Å². The molecule has 0 saturated heterocycles. The molecule has 0 aromatic heterocycles. The lowest BCUT2D eigenvalue weighted by atomic mass is 10.2. The summed E-state index contributed by atoms with van der Waals surface area (Å²) in [5.41, 5.74) is 0.931. The van der Waals surface area contributed by atoms with Crippen molar-refractivity contribution in [2.75, 3.05) is 14.1 Å². The van der Waals surface area contributed by atoms with Crippen LogP contribution >= 0.6 is 27.5 Å². The molecule has 0 unspecified atom stereocenters. The standard InChI is InChI=1S/C16H15BrClNO4S/c1-10-8-12(17)9-14(18)15(10)23-16(20)11-4-6-13(7-5-11)24(21,22)19(2)3/h4-9H,1-3H3. The lowest BCUT2D eigenvalue weighted by Gasteiger charge is -2.12. The fourth-order valence-corrected chi connectivity index (χ4v) is 3.85. The van der Waals surface area contributed by atoms with Crippen LogP contribution in [0.3, 0.4) is 0 Å². The fraction of sp³-hybridized carbons (Fsp3) is 0.188. The summed E-state index contributed by atoms with van der Waals surface area (Å²) in [6.07, 6.45) is 0. The van der Waals surface area contributed by atoms with E-state index in [1.807, 2.05) is 0 Å². The maximum Gasteiger partial charge on any atom is 0.343 e. The highest BCUT2D eigenvalue weighted by molar-refractivity contribution is 9.10. The van der Waals surface area contributed by atoms with E-state index in [1.54, 1.807) is 19.1 Å². The number of aryl methyl sites for hydroxylation is 1. The molecule has 0 radical (unpaired) electrons. The third-order valence-electron chi connectivity index (χ3n) is 3.26. The highest BCUT2D eigenvalue weighted by Crippen LogP contribution is 2.32. The van der Waals surface area contributed by atoms with Crippen molar-refractivity contribution in [3.8, 4) is 5.75 Å². The Hall–Kier alpha value is -1.41. The van der Waals surface area contributed by atoms with Gasteiger partial charge in [-0.05, 0) is 48.9 Å². The molecule has 0 spiro atoms. The Kier molecular flexibility index (Phi) is 5.70. The number of sulfonamides is 1. The Balaban J connectivity index is 2.26. The van der Waals surface area contributed by atoms with Crippen LogP contribution in [0.4, 0.5) is 0 Å². The van der Waals surface area contributed by atoms with Crippen molar-refractivity contribution >= 4 is 43.5 Å². The van der Waals surface area contributed by atoms with Crippen LogP contribution in [0.5, 0.6) is 5.75 Å². The van der Waals surface area contributed by atoms with Gasteiger partial charge in [0.15, 0.2) is 5.75 Å². The number of carbonyl (C=O) groups is 1. The first-order valence-electron chi connectivity index (χ1n) is 6.83. The first-order chi connectivity index (χ1) is 11.1. The molecule has 2 aromatic rings. The van der Waals surface area contributed by atoms with Gasteiger partial charge in [0.25, 0.3) is 0 Å². The molecule has 0 bridgehead atoms. The fourth-order valence-electron chi connectivity index (χ4n) is 1.94. The highest BCUT2D eigenvalue weighted by atomic mass is 79.9. The second kappa shape index (κ2) is 7.23. The molecular weight excluding hydrogens is 418 g/mol. The van der Waals surface area contributed by atoms with Crippen LogP contribution in [-0.2, 0) is 10.0 Å². The predicted molar refractivity (Wildman–Crippen MR) is 96.2 cm³/mol. The third kappa shape index (κ3) is 3.97. The number of nitrogens with zero attached hydrogens (tertiary/aromatic N) is 1. The monoisotopic (exact) mass is 431 g/mol. The first-order valence-corrected chi connectivity index (χ1v) is 9.44. The Morgan fingerprint density at radius 2 is 1.75 bits per heavy atom. The number of esters is 1. The Bertz CT molecular complexity index is 856. The number of hydrogen-bond acceptors (Lipinski definition) is 4. The largest absolute Gasteiger partial charge is 0.421 e. The average molecular weight is 433 g/mol. The average Bonchev–Trinajstić information content (AvgIpc) is 2.50. The lowest BCUT2D eigenvalue weighted by Crippen LogP contribution is -2.22. The van der Waals surface area contributed by atoms with E-state index in [-0.39, 0.29) is 16.2 Å². The van der Waals surface area contributed by atoms with E-state index in [2.05, 4.69) is 15.9 Å². The van der Waals surface area contributed by atoms with Gasteiger partial charge in [0.05, 0.1) is 15.5 Å². The molecule has 0 fully saturated rings. The summed E-state index contributed by atoms with van der Waals surface area (Å²) in [6, 6.07) is 8.94. The van der Waals surface area contributed by atoms with E-state index in [9.17, 15) is 13.2 Å². The number of ether oxygens (including phenoxy) is 1. The van der Waals surface area contributed by atoms with E-state index in [0.29, 0.717) is 10.6 Å². The molecule has 128 valence electrons. The maximum atomic E-state index is 12.2. The van der Waals surface area contributed by atoms with Gasteiger partial charge in [-0.15, -0.1) is 0 Å². The van der Waals surface area contributed by atoms with Crippen molar-refractivity contribution in [3.05, 3.63) is 57.0 Å². The molecule has 0 heterocycles. The van der Waals surface area contributed by atoms with Crippen LogP contribution in [-0.4, -0.2) is 32.8 Å². The second-order valence-corrected chi connectivity index (χ2v) is 8.71. The zero-order valence-corrected chi connectivity index (χ0v) is 16.4. The zero-order valence-electron chi connectivity index (χ0n) is 13.2. The quantitative estimate of drug-likeness (QED) is 0.543. The van der Waals surface area contributed by atoms with Crippen LogP contribution in [0.2, 0.25) is 5.02 Å². The minimum Gasteiger partial charge on any atom is -0.421 e. The summed E-state index contributed by atoms with van der Waals surface area (Å²) in [7, 11) is -0.661. The van der Waals surface area contributed by atoms with Crippen LogP contribution in [0.1, 0.15) is 15.9 Å². The van der Waals surface area contributed by atoms with E-state index >= 15 is 0 Å².